The van der Waals surface area contributed by atoms with Crippen LogP contribution in [0.15, 0.2) is 66.1 Å². The van der Waals surface area contributed by atoms with Gasteiger partial charge in [-0.1, -0.05) is 42.1 Å². The zero-order valence-electron chi connectivity index (χ0n) is 14.6. The Morgan fingerprint density at radius 2 is 1.89 bits per heavy atom. The average molecular weight is 379 g/mol. The van der Waals surface area contributed by atoms with Crippen molar-refractivity contribution in [2.75, 3.05) is 16.8 Å². The molecule has 0 saturated heterocycles. The molecule has 1 N–H and O–H groups in total. The summed E-state index contributed by atoms with van der Waals surface area (Å²) < 4.78 is 1.67. The standard InChI is InChI=1S/C19H17N5O2S/c1-13(27-19-20-12-24(22-19)14-7-3-2-4-8-14)18(26)23-11-17(25)21-15-9-5-6-10-16(15)23/h2-10,12-13H,11H2,1H3,(H,21,25). The van der Waals surface area contributed by atoms with E-state index in [1.165, 1.54) is 16.7 Å². The van der Waals surface area contributed by atoms with Crippen LogP contribution < -0.4 is 10.2 Å². The summed E-state index contributed by atoms with van der Waals surface area (Å²) in [4.78, 5) is 30.7. The predicted molar refractivity (Wildman–Crippen MR) is 104 cm³/mol. The van der Waals surface area contributed by atoms with E-state index in [9.17, 15) is 9.59 Å². The van der Waals surface area contributed by atoms with E-state index in [2.05, 4.69) is 15.4 Å². The highest BCUT2D eigenvalue weighted by Crippen LogP contribution is 2.31. The molecule has 2 amide bonds. The quantitative estimate of drug-likeness (QED) is 0.705. The molecular weight excluding hydrogens is 362 g/mol. The lowest BCUT2D eigenvalue weighted by molar-refractivity contribution is -0.121. The van der Waals surface area contributed by atoms with Gasteiger partial charge in [0.15, 0.2) is 0 Å². The van der Waals surface area contributed by atoms with Gasteiger partial charge in [-0.2, -0.15) is 0 Å². The number of nitrogens with one attached hydrogen (secondary N) is 1. The first-order valence-corrected chi connectivity index (χ1v) is 9.34. The van der Waals surface area contributed by atoms with Gasteiger partial charge in [0, 0.05) is 0 Å². The van der Waals surface area contributed by atoms with Crippen molar-refractivity contribution in [3.05, 3.63) is 60.9 Å². The van der Waals surface area contributed by atoms with Crippen LogP contribution in [0.5, 0.6) is 0 Å². The van der Waals surface area contributed by atoms with Crippen molar-refractivity contribution in [3.63, 3.8) is 0 Å². The summed E-state index contributed by atoms with van der Waals surface area (Å²) in [5.41, 5.74) is 2.25. The summed E-state index contributed by atoms with van der Waals surface area (Å²) in [6.45, 7) is 1.80. The largest absolute Gasteiger partial charge is 0.323 e. The van der Waals surface area contributed by atoms with Crippen LogP contribution in [-0.2, 0) is 9.59 Å². The molecule has 7 nitrogen and oxygen atoms in total. The van der Waals surface area contributed by atoms with Gasteiger partial charge in [-0.15, -0.1) is 5.10 Å². The maximum absolute atomic E-state index is 13.0. The monoisotopic (exact) mass is 379 g/mol. The molecule has 0 bridgehead atoms. The number of benzene rings is 2. The van der Waals surface area contributed by atoms with Crippen LogP contribution in [0.3, 0.4) is 0 Å². The molecule has 0 radical (unpaired) electrons. The average Bonchev–Trinajstić information content (AvgIpc) is 3.16. The van der Waals surface area contributed by atoms with Crippen LogP contribution >= 0.6 is 11.8 Å². The van der Waals surface area contributed by atoms with E-state index in [0.717, 1.165) is 5.69 Å². The second-order valence-electron chi connectivity index (χ2n) is 6.06. The fourth-order valence-corrected chi connectivity index (χ4v) is 3.65. The fourth-order valence-electron chi connectivity index (χ4n) is 2.86. The molecule has 1 aliphatic heterocycles. The normalized spacial score (nSPS) is 14.4. The van der Waals surface area contributed by atoms with Crippen molar-refractivity contribution >= 4 is 35.0 Å². The van der Waals surface area contributed by atoms with E-state index >= 15 is 0 Å². The van der Waals surface area contributed by atoms with Crippen LogP contribution in [0, 0.1) is 0 Å². The predicted octanol–water partition coefficient (Wildman–Crippen LogP) is 2.73. The molecule has 2 aromatic carbocycles. The van der Waals surface area contributed by atoms with Crippen molar-refractivity contribution in [2.24, 2.45) is 0 Å². The molecule has 4 rings (SSSR count). The molecule has 27 heavy (non-hydrogen) atoms. The lowest BCUT2D eigenvalue weighted by Gasteiger charge is -2.30. The SMILES string of the molecule is CC(Sc1ncn(-c2ccccc2)n1)C(=O)N1CC(=O)Nc2ccccc21. The molecule has 1 aliphatic rings. The van der Waals surface area contributed by atoms with Crippen molar-refractivity contribution in [2.45, 2.75) is 17.3 Å². The van der Waals surface area contributed by atoms with E-state index in [1.807, 2.05) is 48.5 Å². The zero-order chi connectivity index (χ0) is 18.8. The van der Waals surface area contributed by atoms with Crippen LogP contribution in [0.4, 0.5) is 11.4 Å². The van der Waals surface area contributed by atoms with Gasteiger partial charge in [-0.3, -0.25) is 14.5 Å². The number of nitrogens with zero attached hydrogens (tertiary/aromatic N) is 4. The number of hydrogen-bond donors (Lipinski definition) is 1. The van der Waals surface area contributed by atoms with Crippen LogP contribution in [0.2, 0.25) is 0 Å². The third kappa shape index (κ3) is 3.56. The van der Waals surface area contributed by atoms with E-state index in [-0.39, 0.29) is 18.4 Å². The Kier molecular flexibility index (Phi) is 4.64. The number of para-hydroxylation sites is 3. The molecule has 1 atom stereocenters. The minimum Gasteiger partial charge on any atom is -0.323 e. The molecule has 136 valence electrons. The summed E-state index contributed by atoms with van der Waals surface area (Å²) in [5.74, 6) is -0.357. The second kappa shape index (κ2) is 7.24. The Morgan fingerprint density at radius 3 is 2.70 bits per heavy atom. The number of aromatic nitrogens is 3. The minimum atomic E-state index is -0.435. The number of anilines is 2. The first kappa shape index (κ1) is 17.3. The summed E-state index contributed by atoms with van der Waals surface area (Å²) in [5, 5.41) is 7.29. The van der Waals surface area contributed by atoms with Gasteiger partial charge in [0.2, 0.25) is 17.0 Å². The molecule has 2 heterocycles. The highest BCUT2D eigenvalue weighted by molar-refractivity contribution is 8.00. The van der Waals surface area contributed by atoms with Gasteiger partial charge in [-0.25, -0.2) is 9.67 Å². The summed E-state index contributed by atoms with van der Waals surface area (Å²) in [6, 6.07) is 16.9. The topological polar surface area (TPSA) is 80.1 Å². The molecule has 0 fully saturated rings. The Labute approximate surface area is 160 Å². The number of rotatable bonds is 4. The smallest absolute Gasteiger partial charge is 0.244 e. The number of fused-ring (bicyclic) bond motifs is 1. The van der Waals surface area contributed by atoms with Crippen molar-refractivity contribution < 1.29 is 9.59 Å². The van der Waals surface area contributed by atoms with Gasteiger partial charge >= 0.3 is 0 Å². The van der Waals surface area contributed by atoms with Gasteiger partial charge < -0.3 is 5.32 Å². The molecule has 1 aromatic heterocycles. The number of hydrogen-bond acceptors (Lipinski definition) is 5. The van der Waals surface area contributed by atoms with E-state index < -0.39 is 5.25 Å². The highest BCUT2D eigenvalue weighted by Gasteiger charge is 2.30. The van der Waals surface area contributed by atoms with Crippen molar-refractivity contribution in [3.8, 4) is 5.69 Å². The van der Waals surface area contributed by atoms with Crippen molar-refractivity contribution in [1.29, 1.82) is 0 Å². The number of thioether (sulfide) groups is 1. The number of carbonyl (C=O) groups excluding carboxylic acids is 2. The molecule has 8 heteroatoms. The van der Waals surface area contributed by atoms with Crippen LogP contribution in [-0.4, -0.2) is 38.4 Å². The molecule has 1 unspecified atom stereocenters. The minimum absolute atomic E-state index is 0.00658. The fraction of sp³-hybridized carbons (Fsp3) is 0.158. The lowest BCUT2D eigenvalue weighted by Crippen LogP contribution is -2.45. The van der Waals surface area contributed by atoms with Crippen LogP contribution in [0.1, 0.15) is 6.92 Å². The highest BCUT2D eigenvalue weighted by atomic mass is 32.2. The third-order valence-electron chi connectivity index (χ3n) is 4.16. The maximum atomic E-state index is 13.0. The van der Waals surface area contributed by atoms with Gasteiger partial charge in [0.25, 0.3) is 0 Å². The summed E-state index contributed by atoms with van der Waals surface area (Å²) in [6.07, 6.45) is 1.62. The number of carbonyl (C=O) groups is 2. The Morgan fingerprint density at radius 1 is 1.15 bits per heavy atom. The second-order valence-corrected chi connectivity index (χ2v) is 7.37. The Hall–Kier alpha value is -3.13. The van der Waals surface area contributed by atoms with E-state index in [0.29, 0.717) is 16.5 Å². The zero-order valence-corrected chi connectivity index (χ0v) is 15.4. The Balaban J connectivity index is 1.51. The first-order chi connectivity index (χ1) is 13.1. The van der Waals surface area contributed by atoms with Gasteiger partial charge in [0.05, 0.1) is 22.3 Å². The third-order valence-corrected chi connectivity index (χ3v) is 5.11. The molecular formula is C19H17N5O2S. The maximum Gasteiger partial charge on any atom is 0.244 e. The summed E-state index contributed by atoms with van der Waals surface area (Å²) in [7, 11) is 0. The van der Waals surface area contributed by atoms with E-state index in [1.54, 1.807) is 24.0 Å². The molecule has 0 saturated carbocycles. The molecule has 3 aromatic rings. The first-order valence-electron chi connectivity index (χ1n) is 8.46. The van der Waals surface area contributed by atoms with Gasteiger partial charge in [0.1, 0.15) is 12.9 Å². The van der Waals surface area contributed by atoms with Gasteiger partial charge in [-0.05, 0) is 31.2 Å². The Bertz CT molecular complexity index is 989. The number of amides is 2. The summed E-state index contributed by atoms with van der Waals surface area (Å²) >= 11 is 1.27. The van der Waals surface area contributed by atoms with E-state index in [4.69, 9.17) is 0 Å². The molecule has 0 spiro atoms. The van der Waals surface area contributed by atoms with Crippen LogP contribution in [0.25, 0.3) is 5.69 Å². The lowest BCUT2D eigenvalue weighted by atomic mass is 10.2. The molecule has 0 aliphatic carbocycles. The van der Waals surface area contributed by atoms with Crippen molar-refractivity contribution in [1.82, 2.24) is 14.8 Å².